The monoisotopic (exact) mass is 420 g/mol. The third-order valence-corrected chi connectivity index (χ3v) is 7.49. The van der Waals surface area contributed by atoms with Crippen LogP contribution >= 0.6 is 0 Å². The molecule has 2 aliphatic carbocycles. The minimum atomic E-state index is 0.962. The molecule has 156 valence electrons. The summed E-state index contributed by atoms with van der Waals surface area (Å²) in [6.07, 6.45) is 3.02. The van der Waals surface area contributed by atoms with Gasteiger partial charge in [-0.05, 0) is 86.0 Å². The molecule has 5 aromatic carbocycles. The van der Waals surface area contributed by atoms with Crippen LogP contribution in [0.5, 0.6) is 0 Å². The number of hydrogen-bond donors (Lipinski definition) is 0. The SMILES string of the molecule is c1ccc2c(c1)Cc1c(Cc3ccccc3-c3cccc4c3Cc3ccccc3-4)cccc1-2. The van der Waals surface area contributed by atoms with Gasteiger partial charge >= 0.3 is 0 Å². The number of fused-ring (bicyclic) bond motifs is 6. The Morgan fingerprint density at radius 2 is 0.818 bits per heavy atom. The highest BCUT2D eigenvalue weighted by atomic mass is 14.3. The number of hydrogen-bond acceptors (Lipinski definition) is 0. The molecule has 0 aromatic heterocycles. The van der Waals surface area contributed by atoms with Gasteiger partial charge in [-0.1, -0.05) is 109 Å². The van der Waals surface area contributed by atoms with Crippen LogP contribution in [0.15, 0.2) is 109 Å². The van der Waals surface area contributed by atoms with Crippen LogP contribution in [0.4, 0.5) is 0 Å². The Kier molecular flexibility index (Phi) is 4.14. The van der Waals surface area contributed by atoms with Gasteiger partial charge in [0.25, 0.3) is 0 Å². The third kappa shape index (κ3) is 2.91. The zero-order chi connectivity index (χ0) is 21.8. The molecule has 33 heavy (non-hydrogen) atoms. The Hall–Kier alpha value is -3.90. The molecule has 0 heteroatoms. The quantitative estimate of drug-likeness (QED) is 0.271. The highest BCUT2D eigenvalue weighted by Crippen LogP contribution is 2.43. The average molecular weight is 421 g/mol. The maximum Gasteiger partial charge on any atom is -0.000728 e. The van der Waals surface area contributed by atoms with Gasteiger partial charge in [0, 0.05) is 0 Å². The van der Waals surface area contributed by atoms with E-state index in [0.29, 0.717) is 0 Å². The van der Waals surface area contributed by atoms with Crippen molar-refractivity contribution in [3.8, 4) is 33.4 Å². The smallest absolute Gasteiger partial charge is 0.000728 e. The zero-order valence-electron chi connectivity index (χ0n) is 18.5. The molecule has 0 spiro atoms. The van der Waals surface area contributed by atoms with Crippen molar-refractivity contribution < 1.29 is 0 Å². The fraction of sp³-hybridized carbons (Fsp3) is 0.0909. The second-order valence-corrected chi connectivity index (χ2v) is 9.28. The van der Waals surface area contributed by atoms with Crippen molar-refractivity contribution in [3.05, 3.63) is 143 Å². The largest absolute Gasteiger partial charge is 0.0619 e. The van der Waals surface area contributed by atoms with E-state index in [2.05, 4.69) is 109 Å². The lowest BCUT2D eigenvalue weighted by Gasteiger charge is -2.15. The van der Waals surface area contributed by atoms with Gasteiger partial charge in [0.1, 0.15) is 0 Å². The lowest BCUT2D eigenvalue weighted by atomic mass is 9.88. The Labute approximate surface area is 195 Å². The van der Waals surface area contributed by atoms with Gasteiger partial charge in [-0.2, -0.15) is 0 Å². The lowest BCUT2D eigenvalue weighted by Crippen LogP contribution is -1.98. The van der Waals surface area contributed by atoms with E-state index >= 15 is 0 Å². The normalized spacial score (nSPS) is 12.7. The van der Waals surface area contributed by atoms with E-state index in [1.807, 2.05) is 0 Å². The van der Waals surface area contributed by atoms with Gasteiger partial charge in [0.15, 0.2) is 0 Å². The average Bonchev–Trinajstić information content (AvgIpc) is 3.44. The van der Waals surface area contributed by atoms with Crippen molar-refractivity contribution in [1.82, 2.24) is 0 Å². The molecule has 0 N–H and O–H groups in total. The Bertz CT molecular complexity index is 1540. The van der Waals surface area contributed by atoms with Crippen LogP contribution in [-0.4, -0.2) is 0 Å². The Morgan fingerprint density at radius 1 is 0.364 bits per heavy atom. The molecule has 0 fully saturated rings. The summed E-state index contributed by atoms with van der Waals surface area (Å²) < 4.78 is 0. The van der Waals surface area contributed by atoms with Crippen LogP contribution in [0.25, 0.3) is 33.4 Å². The predicted octanol–water partition coefficient (Wildman–Crippen LogP) is 8.09. The third-order valence-electron chi connectivity index (χ3n) is 7.49. The van der Waals surface area contributed by atoms with Crippen LogP contribution in [0.3, 0.4) is 0 Å². The first-order valence-corrected chi connectivity index (χ1v) is 11.8. The van der Waals surface area contributed by atoms with Crippen LogP contribution in [-0.2, 0) is 19.3 Å². The van der Waals surface area contributed by atoms with Crippen LogP contribution in [0, 0.1) is 0 Å². The van der Waals surface area contributed by atoms with Crippen LogP contribution < -0.4 is 0 Å². The summed E-state index contributed by atoms with van der Waals surface area (Å²) >= 11 is 0. The summed E-state index contributed by atoms with van der Waals surface area (Å²) in [7, 11) is 0. The summed E-state index contributed by atoms with van der Waals surface area (Å²) in [6, 6.07) is 40.4. The summed E-state index contributed by atoms with van der Waals surface area (Å²) in [5.74, 6) is 0. The molecule has 2 aliphatic rings. The molecule has 0 atom stereocenters. The van der Waals surface area contributed by atoms with Gasteiger partial charge in [-0.3, -0.25) is 0 Å². The molecular formula is C33H24. The molecule has 0 amide bonds. The molecule has 0 unspecified atom stereocenters. The molecule has 0 nitrogen and oxygen atoms in total. The molecule has 0 aliphatic heterocycles. The van der Waals surface area contributed by atoms with E-state index in [-0.39, 0.29) is 0 Å². The summed E-state index contributed by atoms with van der Waals surface area (Å²) in [6.45, 7) is 0. The zero-order valence-corrected chi connectivity index (χ0v) is 18.5. The molecule has 0 heterocycles. The molecular weight excluding hydrogens is 396 g/mol. The van der Waals surface area contributed by atoms with Gasteiger partial charge in [0.2, 0.25) is 0 Å². The van der Waals surface area contributed by atoms with Gasteiger partial charge in [-0.25, -0.2) is 0 Å². The Balaban J connectivity index is 1.32. The first-order valence-electron chi connectivity index (χ1n) is 11.8. The number of benzene rings is 5. The summed E-state index contributed by atoms with van der Waals surface area (Å²) in [5, 5.41) is 0. The van der Waals surface area contributed by atoms with E-state index in [1.165, 1.54) is 66.8 Å². The van der Waals surface area contributed by atoms with Crippen molar-refractivity contribution in [2.45, 2.75) is 19.3 Å². The van der Waals surface area contributed by atoms with E-state index in [1.54, 1.807) is 0 Å². The van der Waals surface area contributed by atoms with Crippen molar-refractivity contribution in [2.24, 2.45) is 0 Å². The first-order chi connectivity index (χ1) is 16.4. The molecule has 0 saturated heterocycles. The second kappa shape index (κ2) is 7.32. The predicted molar refractivity (Wildman–Crippen MR) is 138 cm³/mol. The topological polar surface area (TPSA) is 0 Å². The Morgan fingerprint density at radius 3 is 1.55 bits per heavy atom. The molecule has 7 rings (SSSR count). The summed E-state index contributed by atoms with van der Waals surface area (Å²) in [5.41, 5.74) is 17.1. The van der Waals surface area contributed by atoms with E-state index in [0.717, 1.165) is 19.3 Å². The lowest BCUT2D eigenvalue weighted by molar-refractivity contribution is 1.12. The van der Waals surface area contributed by atoms with Crippen molar-refractivity contribution in [2.75, 3.05) is 0 Å². The van der Waals surface area contributed by atoms with E-state index < -0.39 is 0 Å². The second-order valence-electron chi connectivity index (χ2n) is 9.28. The standard InChI is InChI=1S/C33H24/c1-4-13-26(30-17-8-18-31-28-15-6-3-11-25(28)21-33(30)31)22(9-1)19-23-12-7-16-29-27-14-5-2-10-24(27)20-32(23)29/h1-18H,19-21H2. The fourth-order valence-electron chi connectivity index (χ4n) is 5.94. The van der Waals surface area contributed by atoms with Crippen LogP contribution in [0.2, 0.25) is 0 Å². The molecule has 0 bridgehead atoms. The fourth-order valence-corrected chi connectivity index (χ4v) is 5.94. The highest BCUT2D eigenvalue weighted by Gasteiger charge is 2.23. The van der Waals surface area contributed by atoms with Crippen molar-refractivity contribution >= 4 is 0 Å². The number of rotatable bonds is 3. The van der Waals surface area contributed by atoms with Gasteiger partial charge < -0.3 is 0 Å². The first kappa shape index (κ1) is 18.7. The summed E-state index contributed by atoms with van der Waals surface area (Å²) in [4.78, 5) is 0. The minimum Gasteiger partial charge on any atom is -0.0619 e. The van der Waals surface area contributed by atoms with Gasteiger partial charge in [-0.15, -0.1) is 0 Å². The minimum absolute atomic E-state index is 0.962. The van der Waals surface area contributed by atoms with Crippen molar-refractivity contribution in [1.29, 1.82) is 0 Å². The van der Waals surface area contributed by atoms with Crippen LogP contribution in [0.1, 0.15) is 33.4 Å². The maximum atomic E-state index is 2.33. The molecule has 5 aromatic rings. The van der Waals surface area contributed by atoms with Crippen molar-refractivity contribution in [3.63, 3.8) is 0 Å². The molecule has 0 saturated carbocycles. The van der Waals surface area contributed by atoms with E-state index in [4.69, 9.17) is 0 Å². The maximum absolute atomic E-state index is 2.33. The molecule has 0 radical (unpaired) electrons. The highest BCUT2D eigenvalue weighted by molar-refractivity contribution is 5.86. The van der Waals surface area contributed by atoms with E-state index in [9.17, 15) is 0 Å². The van der Waals surface area contributed by atoms with Gasteiger partial charge in [0.05, 0.1) is 0 Å².